The second-order valence-corrected chi connectivity index (χ2v) is 9.60. The molecule has 33 heavy (non-hydrogen) atoms. The highest BCUT2D eigenvalue weighted by atomic mass is 32.2. The minimum absolute atomic E-state index is 0.00788. The van der Waals surface area contributed by atoms with E-state index in [0.717, 1.165) is 28.6 Å². The van der Waals surface area contributed by atoms with Crippen LogP contribution in [0.15, 0.2) is 29.2 Å². The number of morpholine rings is 1. The number of nitrogens with zero attached hydrogens (tertiary/aromatic N) is 2. The van der Waals surface area contributed by atoms with E-state index < -0.39 is 46.0 Å². The lowest BCUT2D eigenvalue weighted by Crippen LogP contribution is -2.59. The van der Waals surface area contributed by atoms with E-state index in [9.17, 15) is 43.9 Å². The first-order valence-electron chi connectivity index (χ1n) is 9.63. The highest BCUT2D eigenvalue weighted by molar-refractivity contribution is 7.89. The summed E-state index contributed by atoms with van der Waals surface area (Å²) in [6.45, 7) is -0.776. The maximum atomic E-state index is 13.1. The molecular formula is C18H19F7N2O5S. The summed E-state index contributed by atoms with van der Waals surface area (Å²) in [7, 11) is -4.00. The van der Waals surface area contributed by atoms with Crippen molar-refractivity contribution in [3.8, 4) is 0 Å². The molecule has 0 atom stereocenters. The average Bonchev–Trinajstić information content (AvgIpc) is 2.71. The third kappa shape index (κ3) is 5.69. The van der Waals surface area contributed by atoms with Gasteiger partial charge in [0.2, 0.25) is 10.0 Å². The molecule has 2 heterocycles. The molecular weight excluding hydrogens is 489 g/mol. The molecule has 186 valence electrons. The van der Waals surface area contributed by atoms with Crippen LogP contribution in [0.25, 0.3) is 0 Å². The highest BCUT2D eigenvalue weighted by Gasteiger charge is 2.60. The molecule has 0 N–H and O–H groups in total. The van der Waals surface area contributed by atoms with Crippen molar-refractivity contribution < 1.29 is 53.4 Å². The van der Waals surface area contributed by atoms with Gasteiger partial charge in [-0.15, -0.1) is 0 Å². The Morgan fingerprint density at radius 1 is 1.00 bits per heavy atom. The van der Waals surface area contributed by atoms with Gasteiger partial charge in [0.15, 0.2) is 0 Å². The minimum atomic E-state index is -5.83. The zero-order valence-electron chi connectivity index (χ0n) is 16.8. The van der Waals surface area contributed by atoms with Crippen LogP contribution in [-0.4, -0.2) is 80.6 Å². The monoisotopic (exact) mass is 508 g/mol. The standard InChI is InChI=1S/C18H19F7N2O5S/c19-12-1-3-13(4-2-12)33(29,30)27-9-10-31-16(11-27)5-7-26(8-6-16)15(28)32-14(17(20,21)22)18(23,24)25/h1-4,14H,5-11H2. The molecule has 2 aliphatic rings. The first-order valence-corrected chi connectivity index (χ1v) is 11.1. The number of likely N-dealkylation sites (tertiary alicyclic amines) is 1. The lowest BCUT2D eigenvalue weighted by Gasteiger charge is -2.46. The molecule has 2 aliphatic heterocycles. The summed E-state index contributed by atoms with van der Waals surface area (Å²) < 4.78 is 125. The fraction of sp³-hybridized carbons (Fsp3) is 0.611. The van der Waals surface area contributed by atoms with Crippen LogP contribution < -0.4 is 0 Å². The number of rotatable bonds is 3. The Labute approximate surface area is 184 Å². The number of hydrogen-bond acceptors (Lipinski definition) is 5. The maximum Gasteiger partial charge on any atom is 0.434 e. The van der Waals surface area contributed by atoms with E-state index in [4.69, 9.17) is 4.74 Å². The Hall–Kier alpha value is -2.13. The number of ether oxygens (including phenoxy) is 2. The largest absolute Gasteiger partial charge is 0.434 e. The van der Waals surface area contributed by atoms with Gasteiger partial charge < -0.3 is 14.4 Å². The predicted molar refractivity (Wildman–Crippen MR) is 97.0 cm³/mol. The third-order valence-corrected chi connectivity index (χ3v) is 7.27. The van der Waals surface area contributed by atoms with Crippen LogP contribution in [-0.2, 0) is 19.5 Å². The number of amides is 1. The van der Waals surface area contributed by atoms with E-state index in [-0.39, 0.29) is 50.5 Å². The zero-order chi connectivity index (χ0) is 24.7. The highest BCUT2D eigenvalue weighted by Crippen LogP contribution is 2.37. The Bertz CT molecular complexity index is 944. The van der Waals surface area contributed by atoms with Crippen molar-refractivity contribution in [2.75, 3.05) is 32.8 Å². The molecule has 1 aromatic rings. The summed E-state index contributed by atoms with van der Waals surface area (Å²) in [5, 5.41) is 0. The lowest BCUT2D eigenvalue weighted by atomic mass is 9.90. The first kappa shape index (κ1) is 25.5. The van der Waals surface area contributed by atoms with Crippen molar-refractivity contribution in [1.82, 2.24) is 9.21 Å². The minimum Gasteiger partial charge on any atom is -0.426 e. The van der Waals surface area contributed by atoms with E-state index in [1.165, 1.54) is 0 Å². The van der Waals surface area contributed by atoms with Gasteiger partial charge in [-0.2, -0.15) is 30.6 Å². The number of sulfonamides is 1. The Morgan fingerprint density at radius 3 is 2.06 bits per heavy atom. The van der Waals surface area contributed by atoms with Gasteiger partial charge in [0.25, 0.3) is 6.10 Å². The van der Waals surface area contributed by atoms with Gasteiger partial charge in [0.05, 0.1) is 17.1 Å². The normalized spacial score (nSPS) is 20.3. The van der Waals surface area contributed by atoms with Gasteiger partial charge >= 0.3 is 18.4 Å². The fourth-order valence-corrected chi connectivity index (χ4v) is 5.16. The Morgan fingerprint density at radius 2 is 1.55 bits per heavy atom. The van der Waals surface area contributed by atoms with E-state index >= 15 is 0 Å². The number of carbonyl (C=O) groups excluding carboxylic acids is 1. The van der Waals surface area contributed by atoms with Gasteiger partial charge in [0.1, 0.15) is 5.82 Å². The molecule has 2 fully saturated rings. The van der Waals surface area contributed by atoms with Crippen LogP contribution in [0.3, 0.4) is 0 Å². The topological polar surface area (TPSA) is 76.2 Å². The lowest BCUT2D eigenvalue weighted by molar-refractivity contribution is -0.308. The first-order chi connectivity index (χ1) is 15.1. The Kier molecular flexibility index (Phi) is 6.88. The van der Waals surface area contributed by atoms with Gasteiger partial charge in [-0.1, -0.05) is 0 Å². The van der Waals surface area contributed by atoms with Crippen LogP contribution in [0, 0.1) is 5.82 Å². The van der Waals surface area contributed by atoms with Crippen LogP contribution in [0.5, 0.6) is 0 Å². The number of hydrogen-bond donors (Lipinski definition) is 0. The van der Waals surface area contributed by atoms with Crippen molar-refractivity contribution in [3.63, 3.8) is 0 Å². The maximum absolute atomic E-state index is 13.1. The molecule has 7 nitrogen and oxygen atoms in total. The van der Waals surface area contributed by atoms with Crippen molar-refractivity contribution >= 4 is 16.1 Å². The van der Waals surface area contributed by atoms with E-state index in [2.05, 4.69) is 4.74 Å². The van der Waals surface area contributed by atoms with Crippen LogP contribution in [0.2, 0.25) is 0 Å². The van der Waals surface area contributed by atoms with Gasteiger partial charge in [0, 0.05) is 26.2 Å². The van der Waals surface area contributed by atoms with Gasteiger partial charge in [-0.25, -0.2) is 17.6 Å². The summed E-state index contributed by atoms with van der Waals surface area (Å²) in [5.41, 5.74) is -1.09. The summed E-state index contributed by atoms with van der Waals surface area (Å²) in [6.07, 6.45) is -17.8. The molecule has 1 aromatic carbocycles. The summed E-state index contributed by atoms with van der Waals surface area (Å²) in [5.74, 6) is -0.620. The molecule has 0 radical (unpaired) electrons. The van der Waals surface area contributed by atoms with Crippen LogP contribution in [0.4, 0.5) is 35.5 Å². The number of halogens is 7. The number of piperidine rings is 1. The number of alkyl halides is 6. The van der Waals surface area contributed by atoms with E-state index in [1.54, 1.807) is 0 Å². The fourth-order valence-electron chi connectivity index (χ4n) is 3.66. The quantitative estimate of drug-likeness (QED) is 0.586. The number of carbonyl (C=O) groups is 1. The predicted octanol–water partition coefficient (Wildman–Crippen LogP) is 3.31. The average molecular weight is 508 g/mol. The van der Waals surface area contributed by atoms with Crippen molar-refractivity contribution in [2.45, 2.75) is 41.8 Å². The van der Waals surface area contributed by atoms with E-state index in [1.807, 2.05) is 0 Å². The molecule has 0 saturated carbocycles. The van der Waals surface area contributed by atoms with Crippen molar-refractivity contribution in [1.29, 1.82) is 0 Å². The number of benzene rings is 1. The molecule has 1 spiro atoms. The van der Waals surface area contributed by atoms with Crippen molar-refractivity contribution in [3.05, 3.63) is 30.1 Å². The molecule has 0 bridgehead atoms. The summed E-state index contributed by atoms with van der Waals surface area (Å²) in [6, 6.07) is 4.18. The zero-order valence-corrected chi connectivity index (χ0v) is 17.6. The van der Waals surface area contributed by atoms with Gasteiger partial charge in [-0.05, 0) is 37.1 Å². The smallest absolute Gasteiger partial charge is 0.426 e. The molecule has 1 amide bonds. The molecule has 2 saturated heterocycles. The van der Waals surface area contributed by atoms with Gasteiger partial charge in [-0.3, -0.25) is 0 Å². The van der Waals surface area contributed by atoms with Crippen molar-refractivity contribution in [2.24, 2.45) is 0 Å². The van der Waals surface area contributed by atoms with Crippen LogP contribution >= 0.6 is 0 Å². The third-order valence-electron chi connectivity index (χ3n) is 5.41. The second kappa shape index (κ2) is 8.91. The van der Waals surface area contributed by atoms with E-state index in [0.29, 0.717) is 4.90 Å². The molecule has 15 heteroatoms. The molecule has 0 aliphatic carbocycles. The molecule has 0 aromatic heterocycles. The Balaban J connectivity index is 1.65. The molecule has 0 unspecified atom stereocenters. The summed E-state index contributed by atoms with van der Waals surface area (Å²) in [4.78, 5) is 12.5. The second-order valence-electron chi connectivity index (χ2n) is 7.66. The summed E-state index contributed by atoms with van der Waals surface area (Å²) >= 11 is 0. The SMILES string of the molecule is O=C(OC(C(F)(F)F)C(F)(F)F)N1CCC2(CC1)CN(S(=O)(=O)c1ccc(F)cc1)CCO2. The van der Waals surface area contributed by atoms with Crippen LogP contribution in [0.1, 0.15) is 12.8 Å². The molecule has 3 rings (SSSR count).